The van der Waals surface area contributed by atoms with Gasteiger partial charge in [-0.1, -0.05) is 6.92 Å². The molecular formula is C9H17BO4. The molecule has 0 N–H and O–H groups in total. The molecule has 5 heteroatoms. The molecule has 2 unspecified atom stereocenters. The minimum atomic E-state index is -0.499. The second-order valence-corrected chi connectivity index (χ2v) is 4.22. The van der Waals surface area contributed by atoms with E-state index in [2.05, 4.69) is 0 Å². The molecule has 2 rings (SSSR count). The van der Waals surface area contributed by atoms with E-state index in [1.54, 1.807) is 0 Å². The van der Waals surface area contributed by atoms with Crippen molar-refractivity contribution in [2.75, 3.05) is 13.2 Å². The van der Waals surface area contributed by atoms with Crippen LogP contribution in [0.4, 0.5) is 0 Å². The number of fused-ring (bicyclic) bond motifs is 1. The summed E-state index contributed by atoms with van der Waals surface area (Å²) in [4.78, 5) is 0. The van der Waals surface area contributed by atoms with Crippen molar-refractivity contribution in [1.29, 1.82) is 0 Å². The molecule has 80 valence electrons. The molecule has 2 fully saturated rings. The summed E-state index contributed by atoms with van der Waals surface area (Å²) < 4.78 is 22.5. The Kier molecular flexibility index (Phi) is 2.84. The molecular weight excluding hydrogens is 183 g/mol. The van der Waals surface area contributed by atoms with Gasteiger partial charge < -0.3 is 18.8 Å². The highest BCUT2D eigenvalue weighted by molar-refractivity contribution is 6.44. The first-order valence-electron chi connectivity index (χ1n) is 5.19. The summed E-state index contributed by atoms with van der Waals surface area (Å²) in [6.45, 7) is 6.99. The highest BCUT2D eigenvalue weighted by Gasteiger charge is 2.43. The van der Waals surface area contributed by atoms with Crippen LogP contribution in [0.5, 0.6) is 0 Å². The van der Waals surface area contributed by atoms with Crippen molar-refractivity contribution in [3.63, 3.8) is 0 Å². The van der Waals surface area contributed by atoms with Crippen LogP contribution < -0.4 is 0 Å². The lowest BCUT2D eigenvalue weighted by Gasteiger charge is -2.18. The van der Waals surface area contributed by atoms with Gasteiger partial charge in [0.25, 0.3) is 0 Å². The fourth-order valence-electron chi connectivity index (χ4n) is 1.88. The zero-order valence-electron chi connectivity index (χ0n) is 8.99. The van der Waals surface area contributed by atoms with Gasteiger partial charge in [-0.05, 0) is 20.2 Å². The quantitative estimate of drug-likeness (QED) is 0.593. The minimum absolute atomic E-state index is 0.0153. The third-order valence-corrected chi connectivity index (χ3v) is 2.51. The molecule has 0 aliphatic carbocycles. The molecule has 0 saturated carbocycles. The molecule has 4 nitrogen and oxygen atoms in total. The zero-order valence-corrected chi connectivity index (χ0v) is 8.99. The maximum Gasteiger partial charge on any atom is 0.456 e. The predicted octanol–water partition coefficient (Wildman–Crippen LogP) is 1.06. The van der Waals surface area contributed by atoms with Crippen LogP contribution in [0.15, 0.2) is 0 Å². The monoisotopic (exact) mass is 200 g/mol. The summed E-state index contributed by atoms with van der Waals surface area (Å²) in [7, 11) is -0.101. The third-order valence-electron chi connectivity index (χ3n) is 2.51. The molecule has 0 aromatic carbocycles. The van der Waals surface area contributed by atoms with Crippen LogP contribution in [0, 0.1) is 0 Å². The molecule has 2 atom stereocenters. The normalized spacial score (nSPS) is 36.6. The van der Waals surface area contributed by atoms with Gasteiger partial charge in [-0.15, -0.1) is 0 Å². The Morgan fingerprint density at radius 3 is 2.07 bits per heavy atom. The topological polar surface area (TPSA) is 36.9 Å². The molecule has 2 aliphatic heterocycles. The molecule has 2 aliphatic rings. The molecule has 0 radical (unpaired) electrons. The van der Waals surface area contributed by atoms with E-state index in [0.717, 1.165) is 6.32 Å². The Bertz CT molecular complexity index is 191. The lowest BCUT2D eigenvalue weighted by Crippen LogP contribution is -2.27. The smallest absolute Gasteiger partial charge is 0.408 e. The van der Waals surface area contributed by atoms with Crippen molar-refractivity contribution in [3.05, 3.63) is 0 Å². The maximum atomic E-state index is 5.70. The van der Waals surface area contributed by atoms with Crippen molar-refractivity contribution in [2.45, 2.75) is 45.1 Å². The SMILES string of the molecule is CCB1OCC2OC(C)(C)OC2CO1. The third kappa shape index (κ3) is 2.11. The van der Waals surface area contributed by atoms with Gasteiger partial charge in [0.15, 0.2) is 5.79 Å². The van der Waals surface area contributed by atoms with E-state index in [4.69, 9.17) is 18.8 Å². The Labute approximate surface area is 85.0 Å². The van der Waals surface area contributed by atoms with Crippen molar-refractivity contribution in [3.8, 4) is 0 Å². The van der Waals surface area contributed by atoms with Crippen LogP contribution in [0.25, 0.3) is 0 Å². The van der Waals surface area contributed by atoms with E-state index in [1.165, 1.54) is 0 Å². The van der Waals surface area contributed by atoms with E-state index >= 15 is 0 Å². The van der Waals surface area contributed by atoms with Gasteiger partial charge in [0, 0.05) is 0 Å². The molecule has 0 aromatic rings. The average Bonchev–Trinajstić information content (AvgIpc) is 2.29. The predicted molar refractivity (Wildman–Crippen MR) is 52.0 cm³/mol. The summed E-state index contributed by atoms with van der Waals surface area (Å²) in [5.74, 6) is -0.499. The standard InChI is InChI=1S/C9H17BO4/c1-4-10-11-5-7-8(6-12-10)14-9(2,3)13-7/h7-8H,4-6H2,1-3H3. The zero-order chi connectivity index (χ0) is 10.2. The Morgan fingerprint density at radius 1 is 1.14 bits per heavy atom. The second-order valence-electron chi connectivity index (χ2n) is 4.22. The van der Waals surface area contributed by atoms with Crippen LogP contribution in [0.2, 0.25) is 6.32 Å². The van der Waals surface area contributed by atoms with Crippen LogP contribution in [-0.2, 0) is 18.8 Å². The Hall–Kier alpha value is -0.0951. The molecule has 2 saturated heterocycles. The molecule has 14 heavy (non-hydrogen) atoms. The van der Waals surface area contributed by atoms with Crippen molar-refractivity contribution in [2.24, 2.45) is 0 Å². The summed E-state index contributed by atoms with van der Waals surface area (Å²) in [5.41, 5.74) is 0. The van der Waals surface area contributed by atoms with Crippen LogP contribution >= 0.6 is 0 Å². The summed E-state index contributed by atoms with van der Waals surface area (Å²) in [6, 6.07) is 0. The van der Waals surface area contributed by atoms with Gasteiger partial charge in [-0.25, -0.2) is 0 Å². The average molecular weight is 200 g/mol. The number of rotatable bonds is 1. The molecule has 0 spiro atoms. The fourth-order valence-corrected chi connectivity index (χ4v) is 1.88. The Balaban J connectivity index is 1.96. The first-order chi connectivity index (χ1) is 6.61. The van der Waals surface area contributed by atoms with E-state index in [1.807, 2.05) is 20.8 Å². The molecule has 0 bridgehead atoms. The first-order valence-corrected chi connectivity index (χ1v) is 5.19. The minimum Gasteiger partial charge on any atom is -0.408 e. The summed E-state index contributed by atoms with van der Waals surface area (Å²) in [6.07, 6.45) is 0.895. The van der Waals surface area contributed by atoms with Crippen molar-refractivity contribution in [1.82, 2.24) is 0 Å². The molecule has 0 amide bonds. The van der Waals surface area contributed by atoms with Gasteiger partial charge >= 0.3 is 7.12 Å². The van der Waals surface area contributed by atoms with Crippen molar-refractivity contribution >= 4 is 7.12 Å². The lowest BCUT2D eigenvalue weighted by atomic mass is 9.86. The highest BCUT2D eigenvalue weighted by Crippen LogP contribution is 2.30. The fraction of sp³-hybridized carbons (Fsp3) is 1.00. The number of ether oxygens (including phenoxy) is 2. The van der Waals surface area contributed by atoms with Crippen LogP contribution in [0.3, 0.4) is 0 Å². The largest absolute Gasteiger partial charge is 0.456 e. The van der Waals surface area contributed by atoms with Gasteiger partial charge in [-0.3, -0.25) is 0 Å². The van der Waals surface area contributed by atoms with E-state index in [-0.39, 0.29) is 19.3 Å². The second kappa shape index (κ2) is 3.81. The van der Waals surface area contributed by atoms with E-state index in [9.17, 15) is 0 Å². The van der Waals surface area contributed by atoms with Gasteiger partial charge in [0.05, 0.1) is 13.2 Å². The van der Waals surface area contributed by atoms with Gasteiger partial charge in [0.2, 0.25) is 0 Å². The highest BCUT2D eigenvalue weighted by atomic mass is 16.8. The summed E-state index contributed by atoms with van der Waals surface area (Å²) >= 11 is 0. The van der Waals surface area contributed by atoms with Gasteiger partial charge in [0.1, 0.15) is 12.2 Å². The summed E-state index contributed by atoms with van der Waals surface area (Å²) in [5, 5.41) is 0. The van der Waals surface area contributed by atoms with Crippen molar-refractivity contribution < 1.29 is 18.8 Å². The van der Waals surface area contributed by atoms with E-state index in [0.29, 0.717) is 13.2 Å². The molecule has 2 heterocycles. The van der Waals surface area contributed by atoms with Crippen LogP contribution in [0.1, 0.15) is 20.8 Å². The first kappa shape index (κ1) is 10.4. The van der Waals surface area contributed by atoms with Gasteiger partial charge in [-0.2, -0.15) is 0 Å². The number of hydrogen-bond donors (Lipinski definition) is 0. The number of hydrogen-bond acceptors (Lipinski definition) is 4. The molecule has 0 aromatic heterocycles. The maximum absolute atomic E-state index is 5.70. The van der Waals surface area contributed by atoms with Crippen LogP contribution in [-0.4, -0.2) is 38.3 Å². The Morgan fingerprint density at radius 2 is 1.64 bits per heavy atom. The van der Waals surface area contributed by atoms with E-state index < -0.39 is 5.79 Å². The lowest BCUT2D eigenvalue weighted by molar-refractivity contribution is -0.153.